The summed E-state index contributed by atoms with van der Waals surface area (Å²) in [5.74, 6) is 0.981. The van der Waals surface area contributed by atoms with Crippen LogP contribution in [0.5, 0.6) is 0 Å². The number of piperidine rings is 2. The molecule has 2 N–H and O–H groups in total. The standard InChI is InChI=1S/C8H16N2/c1-2-7-3-5-9-6-8(7)10-4-1/h7-10H,1-6H2/t7-,8+/m0/s1. The lowest BCUT2D eigenvalue weighted by Crippen LogP contribution is -2.51. The molecule has 0 unspecified atom stereocenters. The summed E-state index contributed by atoms with van der Waals surface area (Å²) in [6.07, 6.45) is 4.23. The van der Waals surface area contributed by atoms with E-state index in [-0.39, 0.29) is 0 Å². The lowest BCUT2D eigenvalue weighted by molar-refractivity contribution is 0.225. The molecular formula is C8H16N2. The van der Waals surface area contributed by atoms with Gasteiger partial charge in [-0.15, -0.1) is 0 Å². The molecule has 10 heavy (non-hydrogen) atoms. The van der Waals surface area contributed by atoms with Gasteiger partial charge in [0, 0.05) is 12.6 Å². The van der Waals surface area contributed by atoms with E-state index in [1.54, 1.807) is 0 Å². The van der Waals surface area contributed by atoms with Crippen LogP contribution in [0.15, 0.2) is 0 Å². The normalized spacial score (nSPS) is 40.8. The van der Waals surface area contributed by atoms with Gasteiger partial charge in [-0.2, -0.15) is 0 Å². The number of hydrogen-bond donors (Lipinski definition) is 2. The quantitative estimate of drug-likeness (QED) is 0.507. The highest BCUT2D eigenvalue weighted by Crippen LogP contribution is 2.21. The Hall–Kier alpha value is -0.0800. The van der Waals surface area contributed by atoms with E-state index in [0.717, 1.165) is 12.0 Å². The molecule has 2 atom stereocenters. The molecule has 2 saturated heterocycles. The van der Waals surface area contributed by atoms with Gasteiger partial charge in [0.2, 0.25) is 0 Å². The summed E-state index contributed by atoms with van der Waals surface area (Å²) in [5.41, 5.74) is 0. The van der Waals surface area contributed by atoms with Gasteiger partial charge in [0.05, 0.1) is 0 Å². The zero-order valence-corrected chi connectivity index (χ0v) is 6.40. The number of nitrogens with one attached hydrogen (secondary N) is 2. The van der Waals surface area contributed by atoms with Crippen molar-refractivity contribution in [3.8, 4) is 0 Å². The summed E-state index contributed by atoms with van der Waals surface area (Å²) in [4.78, 5) is 0. The minimum atomic E-state index is 0.794. The van der Waals surface area contributed by atoms with Crippen molar-refractivity contribution in [2.24, 2.45) is 5.92 Å². The first-order valence-electron chi connectivity index (χ1n) is 4.41. The first-order chi connectivity index (χ1) is 4.97. The molecule has 2 aliphatic heterocycles. The second-order valence-corrected chi connectivity index (χ2v) is 3.46. The zero-order valence-electron chi connectivity index (χ0n) is 6.40. The first-order valence-corrected chi connectivity index (χ1v) is 4.41. The van der Waals surface area contributed by atoms with E-state index in [0.29, 0.717) is 0 Å². The van der Waals surface area contributed by atoms with Crippen LogP contribution >= 0.6 is 0 Å². The van der Waals surface area contributed by atoms with E-state index >= 15 is 0 Å². The van der Waals surface area contributed by atoms with Crippen LogP contribution in [-0.2, 0) is 0 Å². The van der Waals surface area contributed by atoms with Crippen LogP contribution in [-0.4, -0.2) is 25.7 Å². The van der Waals surface area contributed by atoms with Crippen LogP contribution in [0.2, 0.25) is 0 Å². The van der Waals surface area contributed by atoms with Gasteiger partial charge in [0.15, 0.2) is 0 Å². The number of fused-ring (bicyclic) bond motifs is 1. The third-order valence-electron chi connectivity index (χ3n) is 2.78. The van der Waals surface area contributed by atoms with Gasteiger partial charge in [-0.1, -0.05) is 0 Å². The molecule has 0 amide bonds. The van der Waals surface area contributed by atoms with Crippen LogP contribution in [0.4, 0.5) is 0 Å². The minimum Gasteiger partial charge on any atom is -0.315 e. The molecule has 2 heterocycles. The van der Waals surface area contributed by atoms with Gasteiger partial charge in [-0.25, -0.2) is 0 Å². The van der Waals surface area contributed by atoms with E-state index in [4.69, 9.17) is 0 Å². The largest absolute Gasteiger partial charge is 0.315 e. The Kier molecular flexibility index (Phi) is 1.91. The predicted molar refractivity (Wildman–Crippen MR) is 42.0 cm³/mol. The van der Waals surface area contributed by atoms with Crippen LogP contribution < -0.4 is 10.6 Å². The van der Waals surface area contributed by atoms with E-state index in [2.05, 4.69) is 10.6 Å². The molecule has 0 aromatic rings. The van der Waals surface area contributed by atoms with Gasteiger partial charge >= 0.3 is 0 Å². The van der Waals surface area contributed by atoms with Gasteiger partial charge in [0.1, 0.15) is 0 Å². The second-order valence-electron chi connectivity index (χ2n) is 3.46. The Morgan fingerprint density at radius 1 is 1.10 bits per heavy atom. The van der Waals surface area contributed by atoms with Crippen molar-refractivity contribution in [1.82, 2.24) is 10.6 Å². The Labute approximate surface area is 62.4 Å². The highest BCUT2D eigenvalue weighted by Gasteiger charge is 2.26. The molecule has 2 fully saturated rings. The summed E-state index contributed by atoms with van der Waals surface area (Å²) in [6.45, 7) is 3.68. The summed E-state index contributed by atoms with van der Waals surface area (Å²) in [5, 5.41) is 6.98. The smallest absolute Gasteiger partial charge is 0.0221 e. The van der Waals surface area contributed by atoms with Crippen molar-refractivity contribution >= 4 is 0 Å². The van der Waals surface area contributed by atoms with E-state index in [1.807, 2.05) is 0 Å². The average molecular weight is 140 g/mol. The third-order valence-corrected chi connectivity index (χ3v) is 2.78. The fourth-order valence-corrected chi connectivity index (χ4v) is 2.15. The maximum Gasteiger partial charge on any atom is 0.0221 e. The van der Waals surface area contributed by atoms with Gasteiger partial charge in [-0.05, 0) is 38.3 Å². The molecule has 58 valence electrons. The van der Waals surface area contributed by atoms with Crippen LogP contribution in [0.1, 0.15) is 19.3 Å². The maximum atomic E-state index is 3.56. The minimum absolute atomic E-state index is 0.794. The molecule has 0 radical (unpaired) electrons. The Morgan fingerprint density at radius 2 is 2.10 bits per heavy atom. The molecule has 0 saturated carbocycles. The average Bonchev–Trinajstić information content (AvgIpc) is 2.05. The van der Waals surface area contributed by atoms with Crippen LogP contribution in [0, 0.1) is 5.92 Å². The molecule has 0 bridgehead atoms. The number of rotatable bonds is 0. The summed E-state index contributed by atoms with van der Waals surface area (Å²) < 4.78 is 0. The fraction of sp³-hybridized carbons (Fsp3) is 1.00. The molecule has 2 aliphatic rings. The van der Waals surface area contributed by atoms with Crippen molar-refractivity contribution in [1.29, 1.82) is 0 Å². The summed E-state index contributed by atoms with van der Waals surface area (Å²) in [6, 6.07) is 0.794. The summed E-state index contributed by atoms with van der Waals surface area (Å²) in [7, 11) is 0. The van der Waals surface area contributed by atoms with E-state index < -0.39 is 0 Å². The van der Waals surface area contributed by atoms with Gasteiger partial charge < -0.3 is 10.6 Å². The van der Waals surface area contributed by atoms with Crippen LogP contribution in [0.3, 0.4) is 0 Å². The molecule has 2 heteroatoms. The summed E-state index contributed by atoms with van der Waals surface area (Å²) >= 11 is 0. The Balaban J connectivity index is 1.93. The Bertz CT molecular complexity index is 87.8. The van der Waals surface area contributed by atoms with Crippen molar-refractivity contribution in [2.45, 2.75) is 25.3 Å². The maximum absolute atomic E-state index is 3.56. The highest BCUT2D eigenvalue weighted by atomic mass is 15.0. The van der Waals surface area contributed by atoms with Crippen molar-refractivity contribution < 1.29 is 0 Å². The van der Waals surface area contributed by atoms with Crippen LogP contribution in [0.25, 0.3) is 0 Å². The fourth-order valence-electron chi connectivity index (χ4n) is 2.15. The Morgan fingerprint density at radius 3 is 3.00 bits per heavy atom. The SMILES string of the molecule is C1CN[C@@H]2CNCC[C@@H]2C1. The second kappa shape index (κ2) is 2.89. The molecule has 0 aliphatic carbocycles. The molecular weight excluding hydrogens is 124 g/mol. The topological polar surface area (TPSA) is 24.1 Å². The first kappa shape index (κ1) is 6.62. The van der Waals surface area contributed by atoms with Crippen molar-refractivity contribution in [2.75, 3.05) is 19.6 Å². The van der Waals surface area contributed by atoms with E-state index in [9.17, 15) is 0 Å². The zero-order chi connectivity index (χ0) is 6.81. The molecule has 2 nitrogen and oxygen atoms in total. The van der Waals surface area contributed by atoms with E-state index in [1.165, 1.54) is 38.9 Å². The van der Waals surface area contributed by atoms with Gasteiger partial charge in [0.25, 0.3) is 0 Å². The monoisotopic (exact) mass is 140 g/mol. The molecule has 0 aromatic heterocycles. The molecule has 2 rings (SSSR count). The molecule has 0 aromatic carbocycles. The molecule has 0 spiro atoms. The lowest BCUT2D eigenvalue weighted by atomic mass is 9.86. The van der Waals surface area contributed by atoms with Crippen molar-refractivity contribution in [3.05, 3.63) is 0 Å². The number of hydrogen-bond acceptors (Lipinski definition) is 2. The highest BCUT2D eigenvalue weighted by molar-refractivity contribution is 4.86. The van der Waals surface area contributed by atoms with Gasteiger partial charge in [-0.3, -0.25) is 0 Å². The predicted octanol–water partition coefficient (Wildman–Crippen LogP) is 0.348. The van der Waals surface area contributed by atoms with Crippen molar-refractivity contribution in [3.63, 3.8) is 0 Å². The lowest BCUT2D eigenvalue weighted by Gasteiger charge is -2.36. The third kappa shape index (κ3) is 1.18.